The second-order valence-electron chi connectivity index (χ2n) is 5.19. The predicted molar refractivity (Wildman–Crippen MR) is 74.0 cm³/mol. The van der Waals surface area contributed by atoms with Crippen LogP contribution in [0.5, 0.6) is 0 Å². The molecule has 20 heavy (non-hydrogen) atoms. The van der Waals surface area contributed by atoms with Crippen molar-refractivity contribution in [1.82, 2.24) is 10.2 Å². The highest BCUT2D eigenvalue weighted by Crippen LogP contribution is 2.21. The average Bonchev–Trinajstić information content (AvgIpc) is 2.35. The number of rotatable bonds is 7. The Bertz CT molecular complexity index is 325. The molecule has 7 nitrogen and oxygen atoms in total. The molecule has 1 saturated heterocycles. The molecule has 1 aliphatic rings. The number of piperidine rings is 1. The quantitative estimate of drug-likeness (QED) is 0.595. The molecule has 2 amide bonds. The molecule has 0 aromatic carbocycles. The van der Waals surface area contributed by atoms with Crippen LogP contribution in [0.25, 0.3) is 0 Å². The first kappa shape index (κ1) is 16.7. The highest BCUT2D eigenvalue weighted by Gasteiger charge is 2.28. The van der Waals surface area contributed by atoms with E-state index in [-0.39, 0.29) is 25.1 Å². The van der Waals surface area contributed by atoms with Gasteiger partial charge in [0.2, 0.25) is 5.91 Å². The highest BCUT2D eigenvalue weighted by molar-refractivity contribution is 5.76. The molecule has 1 fully saturated rings. The highest BCUT2D eigenvalue weighted by atomic mass is 16.5. The molecule has 2 atom stereocenters. The summed E-state index contributed by atoms with van der Waals surface area (Å²) in [6.45, 7) is 3.79. The zero-order valence-corrected chi connectivity index (χ0v) is 12.0. The number of nitrogens with one attached hydrogen (secondary N) is 1. The molecule has 1 aliphatic heterocycles. The van der Waals surface area contributed by atoms with E-state index in [1.165, 1.54) is 0 Å². The molecule has 0 aliphatic carbocycles. The Kier molecular flexibility index (Phi) is 7.32. The van der Waals surface area contributed by atoms with Crippen LogP contribution in [-0.2, 0) is 9.53 Å². The molecular formula is C13H25N3O4. The van der Waals surface area contributed by atoms with Crippen LogP contribution in [0.1, 0.15) is 26.2 Å². The van der Waals surface area contributed by atoms with Gasteiger partial charge in [-0.3, -0.25) is 9.69 Å². The van der Waals surface area contributed by atoms with Gasteiger partial charge in [0.25, 0.3) is 0 Å². The van der Waals surface area contributed by atoms with E-state index < -0.39 is 6.09 Å². The van der Waals surface area contributed by atoms with E-state index in [4.69, 9.17) is 15.6 Å². The Labute approximate surface area is 119 Å². The number of nitrogens with zero attached hydrogens (tertiary/aromatic N) is 1. The first-order valence-electron chi connectivity index (χ1n) is 7.10. The minimum Gasteiger partial charge on any atom is -0.450 e. The molecule has 0 aromatic heterocycles. The van der Waals surface area contributed by atoms with Gasteiger partial charge in [0.15, 0.2) is 0 Å². The topological polar surface area (TPSA) is 105 Å². The van der Waals surface area contributed by atoms with Crippen LogP contribution >= 0.6 is 0 Å². The maximum Gasteiger partial charge on any atom is 0.407 e. The molecule has 4 N–H and O–H groups in total. The molecule has 1 rings (SSSR count). The number of amides is 2. The van der Waals surface area contributed by atoms with Crippen molar-refractivity contribution in [2.24, 2.45) is 11.7 Å². The van der Waals surface area contributed by atoms with Crippen molar-refractivity contribution < 1.29 is 19.4 Å². The Morgan fingerprint density at radius 2 is 2.20 bits per heavy atom. The zero-order chi connectivity index (χ0) is 15.0. The van der Waals surface area contributed by atoms with Crippen molar-refractivity contribution in [1.29, 1.82) is 0 Å². The van der Waals surface area contributed by atoms with Crippen LogP contribution < -0.4 is 11.1 Å². The predicted octanol–water partition coefficient (Wildman–Crippen LogP) is -0.319. The van der Waals surface area contributed by atoms with Crippen LogP contribution in [0.2, 0.25) is 0 Å². The smallest absolute Gasteiger partial charge is 0.407 e. The number of likely N-dealkylation sites (tertiary alicyclic amines) is 1. The summed E-state index contributed by atoms with van der Waals surface area (Å²) in [6, 6.07) is -0.0501. The van der Waals surface area contributed by atoms with Crippen molar-refractivity contribution in [3.05, 3.63) is 0 Å². The molecule has 0 radical (unpaired) electrons. The fraction of sp³-hybridized carbons (Fsp3) is 0.846. The van der Waals surface area contributed by atoms with Gasteiger partial charge in [0.1, 0.15) is 0 Å². The van der Waals surface area contributed by atoms with E-state index in [1.54, 1.807) is 6.92 Å². The van der Waals surface area contributed by atoms with E-state index in [2.05, 4.69) is 5.32 Å². The third kappa shape index (κ3) is 6.21. The van der Waals surface area contributed by atoms with Crippen molar-refractivity contribution in [3.63, 3.8) is 0 Å². The van der Waals surface area contributed by atoms with Crippen molar-refractivity contribution >= 4 is 12.0 Å². The molecule has 2 unspecified atom stereocenters. The number of hydrogen-bond donors (Lipinski definition) is 3. The number of carbonyl (C=O) groups excluding carboxylic acids is 2. The van der Waals surface area contributed by atoms with Gasteiger partial charge in [-0.2, -0.15) is 0 Å². The summed E-state index contributed by atoms with van der Waals surface area (Å²) in [5, 5.41) is 11.7. The second kappa shape index (κ2) is 8.76. The summed E-state index contributed by atoms with van der Waals surface area (Å²) in [7, 11) is 0. The van der Waals surface area contributed by atoms with Crippen LogP contribution in [0.3, 0.4) is 0 Å². The van der Waals surface area contributed by atoms with Crippen LogP contribution in [-0.4, -0.2) is 60.9 Å². The number of hydrogen-bond acceptors (Lipinski definition) is 5. The molecule has 1 heterocycles. The maximum atomic E-state index is 11.5. The van der Waals surface area contributed by atoms with E-state index in [0.717, 1.165) is 25.8 Å². The Hall–Kier alpha value is -1.34. The van der Waals surface area contributed by atoms with E-state index in [1.807, 2.05) is 4.90 Å². The summed E-state index contributed by atoms with van der Waals surface area (Å²) in [6.07, 6.45) is 1.99. The molecule has 7 heteroatoms. The number of nitrogens with two attached hydrogens (primary N) is 1. The van der Waals surface area contributed by atoms with E-state index in [0.29, 0.717) is 19.1 Å². The number of aliphatic hydroxyl groups is 1. The Morgan fingerprint density at radius 1 is 1.45 bits per heavy atom. The molecule has 0 aromatic rings. The van der Waals surface area contributed by atoms with Crippen molar-refractivity contribution in [2.45, 2.75) is 32.2 Å². The minimum absolute atomic E-state index is 0.0501. The lowest BCUT2D eigenvalue weighted by Crippen LogP contribution is -2.52. The molecule has 0 saturated carbocycles. The lowest BCUT2D eigenvalue weighted by atomic mass is 9.90. The fourth-order valence-corrected chi connectivity index (χ4v) is 2.69. The SMILES string of the molecule is CCOC(=O)NC1CC(CCCO)CN(CC(N)=O)C1. The van der Waals surface area contributed by atoms with E-state index in [9.17, 15) is 9.59 Å². The first-order valence-corrected chi connectivity index (χ1v) is 7.10. The lowest BCUT2D eigenvalue weighted by Gasteiger charge is -2.37. The van der Waals surface area contributed by atoms with Crippen LogP contribution in [0.15, 0.2) is 0 Å². The normalized spacial score (nSPS) is 23.3. The second-order valence-corrected chi connectivity index (χ2v) is 5.19. The summed E-state index contributed by atoms with van der Waals surface area (Å²) in [4.78, 5) is 24.5. The fourth-order valence-electron chi connectivity index (χ4n) is 2.69. The van der Waals surface area contributed by atoms with Gasteiger partial charge in [-0.1, -0.05) is 0 Å². The third-order valence-corrected chi connectivity index (χ3v) is 3.36. The van der Waals surface area contributed by atoms with Gasteiger partial charge < -0.3 is 20.9 Å². The van der Waals surface area contributed by atoms with Gasteiger partial charge in [0.05, 0.1) is 13.2 Å². The van der Waals surface area contributed by atoms with Crippen molar-refractivity contribution in [3.8, 4) is 0 Å². The average molecular weight is 287 g/mol. The number of carbonyl (C=O) groups is 2. The first-order chi connectivity index (χ1) is 9.55. The monoisotopic (exact) mass is 287 g/mol. The maximum absolute atomic E-state index is 11.5. The van der Waals surface area contributed by atoms with Gasteiger partial charge in [-0.25, -0.2) is 4.79 Å². The summed E-state index contributed by atoms with van der Waals surface area (Å²) in [5.41, 5.74) is 5.23. The standard InChI is InChI=1S/C13H25N3O4/c1-2-20-13(19)15-11-6-10(4-3-5-17)7-16(8-11)9-12(14)18/h10-11,17H,2-9H2,1H3,(H2,14,18)(H,15,19). The minimum atomic E-state index is -0.431. The number of aliphatic hydroxyl groups excluding tert-OH is 1. The number of ether oxygens (including phenoxy) is 1. The third-order valence-electron chi connectivity index (χ3n) is 3.36. The zero-order valence-electron chi connectivity index (χ0n) is 12.0. The van der Waals surface area contributed by atoms with Crippen LogP contribution in [0, 0.1) is 5.92 Å². The summed E-state index contributed by atoms with van der Waals surface area (Å²) in [5.74, 6) is -0.0372. The summed E-state index contributed by atoms with van der Waals surface area (Å²) < 4.78 is 4.88. The molecule has 0 spiro atoms. The Morgan fingerprint density at radius 3 is 2.80 bits per heavy atom. The van der Waals surface area contributed by atoms with Gasteiger partial charge in [-0.15, -0.1) is 0 Å². The number of primary amides is 1. The molecular weight excluding hydrogens is 262 g/mol. The van der Waals surface area contributed by atoms with Crippen LogP contribution in [0.4, 0.5) is 4.79 Å². The van der Waals surface area contributed by atoms with E-state index >= 15 is 0 Å². The Balaban J connectivity index is 2.54. The molecule has 116 valence electrons. The van der Waals surface area contributed by atoms with Gasteiger partial charge >= 0.3 is 6.09 Å². The lowest BCUT2D eigenvalue weighted by molar-refractivity contribution is -0.119. The summed E-state index contributed by atoms with van der Waals surface area (Å²) >= 11 is 0. The van der Waals surface area contributed by atoms with Crippen molar-refractivity contribution in [2.75, 3.05) is 32.8 Å². The van der Waals surface area contributed by atoms with Gasteiger partial charge in [0, 0.05) is 25.7 Å². The van der Waals surface area contributed by atoms with Gasteiger partial charge in [-0.05, 0) is 32.1 Å². The largest absolute Gasteiger partial charge is 0.450 e. The number of alkyl carbamates (subject to hydrolysis) is 1. The molecule has 0 bridgehead atoms.